The first kappa shape index (κ1) is 19.2. The molecule has 0 bridgehead atoms. The second-order valence-electron chi connectivity index (χ2n) is 7.24. The van der Waals surface area contributed by atoms with Crippen molar-refractivity contribution in [1.82, 2.24) is 24.5 Å². The first-order valence-electron chi connectivity index (χ1n) is 10.1. The zero-order chi connectivity index (χ0) is 20.2. The molecule has 8 nitrogen and oxygen atoms in total. The molecule has 0 N–H and O–H groups in total. The van der Waals surface area contributed by atoms with E-state index in [0.717, 1.165) is 37.4 Å². The molecule has 0 spiro atoms. The molecular weight excluding hydrogens is 368 g/mol. The van der Waals surface area contributed by atoms with Gasteiger partial charge >= 0.3 is 0 Å². The molecule has 1 amide bonds. The van der Waals surface area contributed by atoms with Crippen LogP contribution in [0.1, 0.15) is 26.0 Å². The molecule has 29 heavy (non-hydrogen) atoms. The summed E-state index contributed by atoms with van der Waals surface area (Å²) < 4.78 is 7.73. The van der Waals surface area contributed by atoms with Crippen molar-refractivity contribution >= 4 is 17.5 Å². The van der Waals surface area contributed by atoms with E-state index in [1.54, 1.807) is 13.3 Å². The molecule has 1 aromatic carbocycles. The second-order valence-corrected chi connectivity index (χ2v) is 7.24. The molecule has 1 atom stereocenters. The minimum absolute atomic E-state index is 0.0149. The Balaban J connectivity index is 1.40. The maximum atomic E-state index is 12.8. The van der Waals surface area contributed by atoms with Crippen LogP contribution in [0.4, 0.5) is 5.82 Å². The normalized spacial score (nSPS) is 15.5. The van der Waals surface area contributed by atoms with Crippen LogP contribution in [0.25, 0.3) is 5.78 Å². The molecule has 4 rings (SSSR count). The van der Waals surface area contributed by atoms with Gasteiger partial charge in [-0.05, 0) is 25.5 Å². The van der Waals surface area contributed by atoms with Gasteiger partial charge < -0.3 is 14.5 Å². The van der Waals surface area contributed by atoms with Gasteiger partial charge in [0, 0.05) is 37.9 Å². The number of anilines is 1. The summed E-state index contributed by atoms with van der Waals surface area (Å²) in [7, 11) is 0. The number of piperazine rings is 1. The van der Waals surface area contributed by atoms with Gasteiger partial charge in [0.15, 0.2) is 6.10 Å². The molecular formula is C21H26N6O2. The van der Waals surface area contributed by atoms with Crippen molar-refractivity contribution in [2.24, 2.45) is 0 Å². The number of carbonyl (C=O) groups excluding carboxylic acids is 1. The zero-order valence-corrected chi connectivity index (χ0v) is 16.9. The number of nitrogens with zero attached hydrogens (tertiary/aromatic N) is 6. The van der Waals surface area contributed by atoms with Crippen LogP contribution in [0, 0.1) is 0 Å². The minimum Gasteiger partial charge on any atom is -0.481 e. The molecule has 152 valence electrons. The molecule has 1 saturated heterocycles. The summed E-state index contributed by atoms with van der Waals surface area (Å²) in [6, 6.07) is 11.6. The standard InChI is InChI=1S/C21H26N6O2/c1-3-7-17-14-19(23-21-24-22-15-27(17)21)25-10-12-26(13-11-25)20(28)16(2)29-18-8-5-4-6-9-18/h4-6,8-9,14-16H,3,7,10-13H2,1-2H3/t16-/m0/s1. The fourth-order valence-electron chi connectivity index (χ4n) is 3.64. The van der Waals surface area contributed by atoms with Crippen LogP contribution >= 0.6 is 0 Å². The van der Waals surface area contributed by atoms with Gasteiger partial charge in [-0.3, -0.25) is 9.20 Å². The Morgan fingerprint density at radius 3 is 2.66 bits per heavy atom. The topological polar surface area (TPSA) is 75.9 Å². The third-order valence-corrected chi connectivity index (χ3v) is 5.17. The number of aromatic nitrogens is 4. The Morgan fingerprint density at radius 1 is 1.17 bits per heavy atom. The van der Waals surface area contributed by atoms with E-state index >= 15 is 0 Å². The number of aryl methyl sites for hydroxylation is 1. The summed E-state index contributed by atoms with van der Waals surface area (Å²) in [5.74, 6) is 2.24. The Bertz CT molecular complexity index is 966. The molecule has 8 heteroatoms. The highest BCUT2D eigenvalue weighted by Crippen LogP contribution is 2.19. The van der Waals surface area contributed by atoms with Crippen LogP contribution in [0.5, 0.6) is 5.75 Å². The van der Waals surface area contributed by atoms with E-state index in [-0.39, 0.29) is 5.91 Å². The van der Waals surface area contributed by atoms with E-state index in [9.17, 15) is 4.79 Å². The van der Waals surface area contributed by atoms with Gasteiger partial charge in [0.05, 0.1) is 0 Å². The molecule has 3 heterocycles. The first-order valence-corrected chi connectivity index (χ1v) is 10.1. The molecule has 0 radical (unpaired) electrons. The summed E-state index contributed by atoms with van der Waals surface area (Å²) in [6.45, 7) is 6.70. The Hall–Kier alpha value is -3.16. The zero-order valence-electron chi connectivity index (χ0n) is 16.9. The number of rotatable bonds is 6. The molecule has 1 fully saturated rings. The smallest absolute Gasteiger partial charge is 0.263 e. The average Bonchev–Trinajstić information content (AvgIpc) is 3.23. The van der Waals surface area contributed by atoms with Crippen LogP contribution in [0.15, 0.2) is 42.7 Å². The Morgan fingerprint density at radius 2 is 1.93 bits per heavy atom. The summed E-state index contributed by atoms with van der Waals surface area (Å²) in [4.78, 5) is 21.5. The monoisotopic (exact) mass is 394 g/mol. The van der Waals surface area contributed by atoms with Gasteiger partial charge in [-0.2, -0.15) is 4.98 Å². The number of para-hydroxylation sites is 1. The van der Waals surface area contributed by atoms with Crippen LogP contribution < -0.4 is 9.64 Å². The molecule has 1 aliphatic heterocycles. The average molecular weight is 394 g/mol. The van der Waals surface area contributed by atoms with Gasteiger partial charge in [-0.15, -0.1) is 10.2 Å². The van der Waals surface area contributed by atoms with E-state index in [4.69, 9.17) is 4.74 Å². The van der Waals surface area contributed by atoms with E-state index in [0.29, 0.717) is 24.6 Å². The number of amides is 1. The van der Waals surface area contributed by atoms with Crippen molar-refractivity contribution in [1.29, 1.82) is 0 Å². The lowest BCUT2D eigenvalue weighted by molar-refractivity contribution is -0.138. The van der Waals surface area contributed by atoms with Gasteiger partial charge in [-0.1, -0.05) is 31.5 Å². The molecule has 0 unspecified atom stereocenters. The highest BCUT2D eigenvalue weighted by atomic mass is 16.5. The predicted molar refractivity (Wildman–Crippen MR) is 110 cm³/mol. The fraction of sp³-hybridized carbons (Fsp3) is 0.429. The van der Waals surface area contributed by atoms with Crippen molar-refractivity contribution in [3.8, 4) is 5.75 Å². The molecule has 0 saturated carbocycles. The SMILES string of the molecule is CCCc1cc(N2CCN(C(=O)[C@H](C)Oc3ccccc3)CC2)nc2nncn12. The molecule has 3 aromatic rings. The van der Waals surface area contributed by atoms with E-state index in [1.807, 2.05) is 39.6 Å². The van der Waals surface area contributed by atoms with E-state index < -0.39 is 6.10 Å². The van der Waals surface area contributed by atoms with Gasteiger partial charge in [0.1, 0.15) is 17.9 Å². The van der Waals surface area contributed by atoms with Crippen LogP contribution in [-0.4, -0.2) is 62.7 Å². The van der Waals surface area contributed by atoms with Crippen molar-refractivity contribution < 1.29 is 9.53 Å². The van der Waals surface area contributed by atoms with Crippen molar-refractivity contribution in [3.63, 3.8) is 0 Å². The van der Waals surface area contributed by atoms with Gasteiger partial charge in [0.2, 0.25) is 0 Å². The number of carbonyl (C=O) groups is 1. The van der Waals surface area contributed by atoms with Crippen molar-refractivity contribution in [3.05, 3.63) is 48.4 Å². The summed E-state index contributed by atoms with van der Waals surface area (Å²) in [5, 5.41) is 8.10. The van der Waals surface area contributed by atoms with Crippen LogP contribution in [0.2, 0.25) is 0 Å². The van der Waals surface area contributed by atoms with Crippen LogP contribution in [-0.2, 0) is 11.2 Å². The highest BCUT2D eigenvalue weighted by Gasteiger charge is 2.27. The minimum atomic E-state index is -0.509. The lowest BCUT2D eigenvalue weighted by Crippen LogP contribution is -2.52. The number of fused-ring (bicyclic) bond motifs is 1. The highest BCUT2D eigenvalue weighted by molar-refractivity contribution is 5.81. The predicted octanol–water partition coefficient (Wildman–Crippen LogP) is 2.19. The van der Waals surface area contributed by atoms with E-state index in [1.165, 1.54) is 0 Å². The van der Waals surface area contributed by atoms with Crippen molar-refractivity contribution in [2.75, 3.05) is 31.1 Å². The lowest BCUT2D eigenvalue weighted by atomic mass is 10.2. The summed E-state index contributed by atoms with van der Waals surface area (Å²) in [5.41, 5.74) is 1.15. The maximum Gasteiger partial charge on any atom is 0.263 e. The number of ether oxygens (including phenoxy) is 1. The van der Waals surface area contributed by atoms with Crippen molar-refractivity contribution in [2.45, 2.75) is 32.8 Å². The third kappa shape index (κ3) is 4.16. The molecule has 2 aromatic heterocycles. The fourth-order valence-corrected chi connectivity index (χ4v) is 3.64. The molecule has 0 aliphatic carbocycles. The van der Waals surface area contributed by atoms with Gasteiger partial charge in [-0.25, -0.2) is 0 Å². The largest absolute Gasteiger partial charge is 0.481 e. The summed E-state index contributed by atoms with van der Waals surface area (Å²) in [6.07, 6.45) is 3.18. The first-order chi connectivity index (χ1) is 14.2. The summed E-state index contributed by atoms with van der Waals surface area (Å²) >= 11 is 0. The van der Waals surface area contributed by atoms with Crippen LogP contribution in [0.3, 0.4) is 0 Å². The second kappa shape index (κ2) is 8.46. The third-order valence-electron chi connectivity index (χ3n) is 5.17. The number of hydrogen-bond acceptors (Lipinski definition) is 6. The number of hydrogen-bond donors (Lipinski definition) is 0. The Labute approximate surface area is 170 Å². The van der Waals surface area contributed by atoms with E-state index in [2.05, 4.69) is 33.1 Å². The Kier molecular flexibility index (Phi) is 5.59. The maximum absolute atomic E-state index is 12.8. The van der Waals surface area contributed by atoms with Gasteiger partial charge in [0.25, 0.3) is 11.7 Å². The lowest BCUT2D eigenvalue weighted by Gasteiger charge is -2.36. The molecule has 1 aliphatic rings. The number of benzene rings is 1. The quantitative estimate of drug-likeness (QED) is 0.638.